The van der Waals surface area contributed by atoms with Crippen LogP contribution in [0.3, 0.4) is 0 Å². The Morgan fingerprint density at radius 1 is 1.10 bits per heavy atom. The first-order chi connectivity index (χ1) is 18.8. The highest BCUT2D eigenvalue weighted by Gasteiger charge is 2.44. The number of benzene rings is 2. The maximum absolute atomic E-state index is 14.7. The monoisotopic (exact) mass is 651 g/mol. The normalized spacial score (nSPS) is 14.2. The molecule has 12 heteroatoms. The van der Waals surface area contributed by atoms with E-state index in [2.05, 4.69) is 31.9 Å². The Labute approximate surface area is 246 Å². The molecule has 0 aromatic heterocycles. The molecular weight excluding hydrogens is 614 g/mol. The molecule has 6 nitrogen and oxygen atoms in total. The van der Waals surface area contributed by atoms with Crippen LogP contribution in [0.25, 0.3) is 0 Å². The number of hydrogen-bond donors (Lipinski definition) is 3. The van der Waals surface area contributed by atoms with E-state index < -0.39 is 42.3 Å². The molecule has 2 rings (SSSR count). The third-order valence-electron chi connectivity index (χ3n) is 6.01. The fraction of sp³-hybridized carbons (Fsp3) is 0.536. The molecule has 0 saturated carbocycles. The Balaban J connectivity index is 2.16. The molecule has 0 bridgehead atoms. The van der Waals surface area contributed by atoms with E-state index in [0.717, 1.165) is 5.75 Å². The average Bonchev–Trinajstić information content (AvgIpc) is 2.88. The smallest absolute Gasteiger partial charge is 0.407 e. The van der Waals surface area contributed by atoms with Crippen LogP contribution in [0, 0.1) is 0 Å². The summed E-state index contributed by atoms with van der Waals surface area (Å²) in [7, 11) is 1.53. The van der Waals surface area contributed by atoms with Gasteiger partial charge in [-0.3, -0.25) is 10.1 Å². The second-order valence-corrected chi connectivity index (χ2v) is 11.8. The molecule has 0 heterocycles. The standard InChI is InChI=1S/C28H38BrF4N3O3S/c1-6-20(17-34-22-12-11-21(15-24(22)38-4)39-13-14-40-5)35-26(37)23(16-27(2,3)30)36-25(28(31,32)33)18-7-9-19(29)10-8-18/h7-12,15,20,23,25,34,36H,6,13-14,16-17H2,1-5H3,(H,35,37)/t20-,23-,25-/m0/s1. The van der Waals surface area contributed by atoms with Gasteiger partial charge in [-0.25, -0.2) is 4.39 Å². The van der Waals surface area contributed by atoms with E-state index in [1.165, 1.54) is 45.2 Å². The summed E-state index contributed by atoms with van der Waals surface area (Å²) in [5.74, 6) is 1.34. The number of thioether (sulfide) groups is 1. The van der Waals surface area contributed by atoms with Gasteiger partial charge in [-0.2, -0.15) is 24.9 Å². The van der Waals surface area contributed by atoms with Crippen LogP contribution in [-0.2, 0) is 4.79 Å². The van der Waals surface area contributed by atoms with E-state index in [9.17, 15) is 22.4 Å². The zero-order valence-corrected chi connectivity index (χ0v) is 25.7. The van der Waals surface area contributed by atoms with Crippen molar-refractivity contribution < 1.29 is 31.8 Å². The Bertz CT molecular complexity index is 1070. The summed E-state index contributed by atoms with van der Waals surface area (Å²) in [5.41, 5.74) is -1.30. The number of carbonyl (C=O) groups excluding carboxylic acids is 1. The lowest BCUT2D eigenvalue weighted by atomic mass is 9.97. The highest BCUT2D eigenvalue weighted by molar-refractivity contribution is 9.10. The minimum Gasteiger partial charge on any atom is -0.494 e. The first-order valence-electron chi connectivity index (χ1n) is 12.9. The maximum atomic E-state index is 14.7. The number of ether oxygens (including phenoxy) is 2. The van der Waals surface area contributed by atoms with Crippen molar-refractivity contribution in [3.05, 3.63) is 52.5 Å². The van der Waals surface area contributed by atoms with Gasteiger partial charge in [0, 0.05) is 35.3 Å². The number of alkyl halides is 4. The van der Waals surface area contributed by atoms with Gasteiger partial charge in [-0.1, -0.05) is 35.0 Å². The van der Waals surface area contributed by atoms with Gasteiger partial charge in [-0.15, -0.1) is 0 Å². The summed E-state index contributed by atoms with van der Waals surface area (Å²) in [4.78, 5) is 13.3. The fourth-order valence-electron chi connectivity index (χ4n) is 3.93. The van der Waals surface area contributed by atoms with Crippen LogP contribution in [0.2, 0.25) is 0 Å². The van der Waals surface area contributed by atoms with Crippen molar-refractivity contribution in [2.24, 2.45) is 0 Å². The zero-order chi connectivity index (χ0) is 29.9. The molecule has 3 atom stereocenters. The van der Waals surface area contributed by atoms with Gasteiger partial charge >= 0.3 is 6.18 Å². The molecule has 0 aliphatic carbocycles. The molecule has 0 spiro atoms. The van der Waals surface area contributed by atoms with Crippen LogP contribution in [0.5, 0.6) is 11.5 Å². The van der Waals surface area contributed by atoms with Gasteiger partial charge in [0.15, 0.2) is 0 Å². The molecule has 0 aliphatic rings. The zero-order valence-electron chi connectivity index (χ0n) is 23.3. The molecule has 224 valence electrons. The second-order valence-electron chi connectivity index (χ2n) is 9.87. The van der Waals surface area contributed by atoms with E-state index in [4.69, 9.17) is 9.47 Å². The van der Waals surface area contributed by atoms with Gasteiger partial charge in [0.2, 0.25) is 5.91 Å². The second kappa shape index (κ2) is 15.7. The van der Waals surface area contributed by atoms with E-state index in [1.54, 1.807) is 30.0 Å². The average molecular weight is 653 g/mol. The third kappa shape index (κ3) is 11.4. The largest absolute Gasteiger partial charge is 0.494 e. The quantitative estimate of drug-likeness (QED) is 0.135. The summed E-state index contributed by atoms with van der Waals surface area (Å²) >= 11 is 4.89. The van der Waals surface area contributed by atoms with Crippen molar-refractivity contribution in [2.45, 2.75) is 63.6 Å². The number of amides is 1. The van der Waals surface area contributed by atoms with Gasteiger partial charge in [-0.05, 0) is 56.4 Å². The summed E-state index contributed by atoms with van der Waals surface area (Å²) in [6.07, 6.45) is -2.68. The number of nitrogens with one attached hydrogen (secondary N) is 3. The molecule has 1 amide bonds. The van der Waals surface area contributed by atoms with Crippen molar-refractivity contribution in [2.75, 3.05) is 37.6 Å². The Kier molecular flexibility index (Phi) is 13.4. The summed E-state index contributed by atoms with van der Waals surface area (Å²) in [6, 6.07) is 6.92. The number of rotatable bonds is 16. The molecule has 3 N–H and O–H groups in total. The van der Waals surface area contributed by atoms with Crippen molar-refractivity contribution in [1.82, 2.24) is 10.6 Å². The number of halogens is 5. The third-order valence-corrected chi connectivity index (χ3v) is 7.12. The van der Waals surface area contributed by atoms with Crippen molar-refractivity contribution in [1.29, 1.82) is 0 Å². The Morgan fingerprint density at radius 2 is 1.77 bits per heavy atom. The topological polar surface area (TPSA) is 71.6 Å². The van der Waals surface area contributed by atoms with E-state index in [-0.39, 0.29) is 12.1 Å². The number of carbonyl (C=O) groups is 1. The van der Waals surface area contributed by atoms with Gasteiger partial charge in [0.05, 0.1) is 25.4 Å². The molecule has 0 radical (unpaired) electrons. The first kappa shape index (κ1) is 34.0. The number of anilines is 1. The molecule has 0 fully saturated rings. The minimum absolute atomic E-state index is 0.0770. The van der Waals surface area contributed by atoms with Gasteiger partial charge in [0.25, 0.3) is 0 Å². The predicted octanol–water partition coefficient (Wildman–Crippen LogP) is 6.91. The molecule has 0 unspecified atom stereocenters. The van der Waals surface area contributed by atoms with E-state index >= 15 is 0 Å². The Hall–Kier alpha value is -2.18. The lowest BCUT2D eigenvalue weighted by Crippen LogP contribution is -2.53. The fourth-order valence-corrected chi connectivity index (χ4v) is 4.45. The Morgan fingerprint density at radius 3 is 2.33 bits per heavy atom. The van der Waals surface area contributed by atoms with Gasteiger partial charge < -0.3 is 20.1 Å². The molecule has 40 heavy (non-hydrogen) atoms. The summed E-state index contributed by atoms with van der Waals surface area (Å²) < 4.78 is 68.6. The van der Waals surface area contributed by atoms with Crippen molar-refractivity contribution in [3.63, 3.8) is 0 Å². The van der Waals surface area contributed by atoms with Crippen LogP contribution >= 0.6 is 27.7 Å². The first-order valence-corrected chi connectivity index (χ1v) is 15.1. The molecule has 0 saturated heterocycles. The number of hydrogen-bond acceptors (Lipinski definition) is 6. The van der Waals surface area contributed by atoms with Crippen molar-refractivity contribution in [3.8, 4) is 11.5 Å². The highest BCUT2D eigenvalue weighted by Crippen LogP contribution is 2.35. The van der Waals surface area contributed by atoms with Crippen LogP contribution in [-0.4, -0.2) is 62.1 Å². The van der Waals surface area contributed by atoms with Crippen LogP contribution in [0.1, 0.15) is 45.2 Å². The molecule has 0 aliphatic heterocycles. The van der Waals surface area contributed by atoms with Crippen LogP contribution in [0.4, 0.5) is 23.2 Å². The predicted molar refractivity (Wildman–Crippen MR) is 157 cm³/mol. The lowest BCUT2D eigenvalue weighted by molar-refractivity contribution is -0.161. The molecular formula is C28H38BrF4N3O3S. The van der Waals surface area contributed by atoms with Crippen molar-refractivity contribution >= 4 is 39.3 Å². The van der Waals surface area contributed by atoms with Gasteiger partial charge in [0.1, 0.15) is 23.2 Å². The maximum Gasteiger partial charge on any atom is 0.407 e. The van der Waals surface area contributed by atoms with Crippen LogP contribution < -0.4 is 25.4 Å². The van der Waals surface area contributed by atoms with E-state index in [0.29, 0.717) is 34.7 Å². The van der Waals surface area contributed by atoms with Crippen LogP contribution in [0.15, 0.2) is 46.9 Å². The molecule has 2 aromatic carbocycles. The highest BCUT2D eigenvalue weighted by atomic mass is 79.9. The molecule has 2 aromatic rings. The lowest BCUT2D eigenvalue weighted by Gasteiger charge is -2.31. The minimum atomic E-state index is -4.71. The SMILES string of the molecule is CC[C@@H](CNc1ccc(OCCSC)cc1OC)NC(=O)[C@H](CC(C)(C)F)N[C@@H](c1ccc(Br)cc1)C(F)(F)F. The van der Waals surface area contributed by atoms with E-state index in [1.807, 2.05) is 13.2 Å². The summed E-state index contributed by atoms with van der Waals surface area (Å²) in [5, 5.41) is 8.39. The summed E-state index contributed by atoms with van der Waals surface area (Å²) in [6.45, 7) is 5.14. The number of methoxy groups -OCH3 is 1.